The minimum absolute atomic E-state index is 0.826. The monoisotopic (exact) mass is 395 g/mol. The molecule has 0 aromatic heterocycles. The molecule has 0 saturated carbocycles. The minimum Gasteiger partial charge on any atom is -0.306 e. The van der Waals surface area contributed by atoms with Crippen LogP contribution in [0.2, 0.25) is 0 Å². The van der Waals surface area contributed by atoms with Crippen LogP contribution in [-0.2, 0) is 10.4 Å². The molecule has 0 radical (unpaired) electrons. The molecular formula is C20H45NO4S. The van der Waals surface area contributed by atoms with Crippen LogP contribution in [0.4, 0.5) is 0 Å². The molecule has 160 valence electrons. The SMILES string of the molecule is CCCCCCCCCCC(CCCCCCC)N(C)C.O=S(=O)(O)O. The van der Waals surface area contributed by atoms with Crippen LogP contribution in [0.3, 0.4) is 0 Å². The summed E-state index contributed by atoms with van der Waals surface area (Å²) in [6, 6.07) is 0.826. The number of nitrogens with zero attached hydrogens (tertiary/aromatic N) is 1. The minimum atomic E-state index is -4.67. The fourth-order valence-corrected chi connectivity index (χ4v) is 3.16. The Bertz CT molecular complexity index is 364. The second-order valence-corrected chi connectivity index (χ2v) is 8.43. The Hall–Kier alpha value is -0.170. The van der Waals surface area contributed by atoms with Crippen molar-refractivity contribution in [2.24, 2.45) is 0 Å². The highest BCUT2D eigenvalue weighted by atomic mass is 32.3. The van der Waals surface area contributed by atoms with Gasteiger partial charge in [0, 0.05) is 6.04 Å². The highest BCUT2D eigenvalue weighted by Crippen LogP contribution is 2.17. The van der Waals surface area contributed by atoms with Crippen LogP contribution in [-0.4, -0.2) is 42.6 Å². The summed E-state index contributed by atoms with van der Waals surface area (Å²) in [7, 11) is -0.136. The van der Waals surface area contributed by atoms with Gasteiger partial charge in [-0.25, -0.2) is 0 Å². The lowest BCUT2D eigenvalue weighted by Crippen LogP contribution is -2.27. The zero-order valence-electron chi connectivity index (χ0n) is 17.8. The van der Waals surface area contributed by atoms with Crippen molar-refractivity contribution < 1.29 is 17.5 Å². The fourth-order valence-electron chi connectivity index (χ4n) is 3.16. The zero-order valence-corrected chi connectivity index (χ0v) is 18.6. The van der Waals surface area contributed by atoms with Crippen molar-refractivity contribution in [3.8, 4) is 0 Å². The van der Waals surface area contributed by atoms with E-state index >= 15 is 0 Å². The van der Waals surface area contributed by atoms with E-state index in [1.54, 1.807) is 0 Å². The van der Waals surface area contributed by atoms with Crippen LogP contribution in [0.1, 0.15) is 110 Å². The molecule has 2 N–H and O–H groups in total. The van der Waals surface area contributed by atoms with Crippen molar-refractivity contribution in [3.63, 3.8) is 0 Å². The molecule has 5 nitrogen and oxygen atoms in total. The van der Waals surface area contributed by atoms with Crippen LogP contribution < -0.4 is 0 Å². The first-order valence-corrected chi connectivity index (χ1v) is 12.0. The van der Waals surface area contributed by atoms with Crippen LogP contribution in [0.25, 0.3) is 0 Å². The molecule has 0 aromatic rings. The van der Waals surface area contributed by atoms with E-state index in [9.17, 15) is 0 Å². The average Bonchev–Trinajstić information content (AvgIpc) is 2.53. The first kappa shape index (κ1) is 28.0. The Labute approximate surface area is 163 Å². The van der Waals surface area contributed by atoms with E-state index in [-0.39, 0.29) is 0 Å². The Morgan fingerprint density at radius 2 is 0.923 bits per heavy atom. The van der Waals surface area contributed by atoms with Gasteiger partial charge in [-0.15, -0.1) is 0 Å². The topological polar surface area (TPSA) is 77.8 Å². The molecule has 1 unspecified atom stereocenters. The van der Waals surface area contributed by atoms with Gasteiger partial charge >= 0.3 is 10.4 Å². The normalized spacial score (nSPS) is 12.7. The smallest absolute Gasteiger partial charge is 0.306 e. The first-order chi connectivity index (χ1) is 12.2. The van der Waals surface area contributed by atoms with E-state index in [0.29, 0.717) is 0 Å². The van der Waals surface area contributed by atoms with Gasteiger partial charge in [0.25, 0.3) is 0 Å². The molecular weight excluding hydrogens is 350 g/mol. The zero-order chi connectivity index (χ0) is 20.3. The maximum Gasteiger partial charge on any atom is 0.394 e. The standard InChI is InChI=1S/C20H43N.H2O4S/c1-5-7-9-11-12-13-15-17-19-20(21(3)4)18-16-14-10-8-6-2;1-5(2,3)4/h20H,5-19H2,1-4H3;(H2,1,2,3,4). The molecule has 0 spiro atoms. The van der Waals surface area contributed by atoms with Crippen molar-refractivity contribution in [3.05, 3.63) is 0 Å². The molecule has 0 heterocycles. The summed E-state index contributed by atoms with van der Waals surface area (Å²) in [5.74, 6) is 0. The third kappa shape index (κ3) is 28.6. The predicted molar refractivity (Wildman–Crippen MR) is 112 cm³/mol. The third-order valence-electron chi connectivity index (χ3n) is 4.76. The van der Waals surface area contributed by atoms with Gasteiger partial charge in [-0.3, -0.25) is 9.11 Å². The molecule has 0 aliphatic carbocycles. The number of rotatable bonds is 16. The quantitative estimate of drug-likeness (QED) is 0.242. The average molecular weight is 396 g/mol. The molecule has 26 heavy (non-hydrogen) atoms. The van der Waals surface area contributed by atoms with Crippen LogP contribution >= 0.6 is 0 Å². The summed E-state index contributed by atoms with van der Waals surface area (Å²) < 4.78 is 31.6. The molecule has 1 atom stereocenters. The number of unbranched alkanes of at least 4 members (excludes halogenated alkanes) is 11. The number of hydrogen-bond donors (Lipinski definition) is 2. The second kappa shape index (κ2) is 19.6. The Kier molecular flexibility index (Phi) is 21.1. The van der Waals surface area contributed by atoms with E-state index in [1.165, 1.54) is 96.3 Å². The van der Waals surface area contributed by atoms with Crippen LogP contribution in [0.15, 0.2) is 0 Å². The van der Waals surface area contributed by atoms with Gasteiger partial charge in [0.15, 0.2) is 0 Å². The third-order valence-corrected chi connectivity index (χ3v) is 4.76. The van der Waals surface area contributed by atoms with Gasteiger partial charge in [-0.1, -0.05) is 97.3 Å². The molecule has 0 rings (SSSR count). The lowest BCUT2D eigenvalue weighted by molar-refractivity contribution is 0.251. The summed E-state index contributed by atoms with van der Waals surface area (Å²) in [4.78, 5) is 2.46. The van der Waals surface area contributed by atoms with Crippen molar-refractivity contribution in [1.29, 1.82) is 0 Å². The summed E-state index contributed by atoms with van der Waals surface area (Å²) >= 11 is 0. The lowest BCUT2D eigenvalue weighted by atomic mass is 9.99. The Morgan fingerprint density at radius 1 is 0.654 bits per heavy atom. The van der Waals surface area contributed by atoms with Crippen LogP contribution in [0, 0.1) is 0 Å². The van der Waals surface area contributed by atoms with E-state index < -0.39 is 10.4 Å². The van der Waals surface area contributed by atoms with E-state index in [1.807, 2.05) is 0 Å². The highest BCUT2D eigenvalue weighted by Gasteiger charge is 2.10. The maximum absolute atomic E-state index is 8.74. The Balaban J connectivity index is 0. The molecule has 0 saturated heterocycles. The summed E-state index contributed by atoms with van der Waals surface area (Å²) in [6.07, 6.45) is 21.4. The van der Waals surface area contributed by atoms with Gasteiger partial charge in [-0.05, 0) is 26.9 Å². The van der Waals surface area contributed by atoms with Gasteiger partial charge in [-0.2, -0.15) is 8.42 Å². The van der Waals surface area contributed by atoms with E-state index in [2.05, 4.69) is 32.8 Å². The van der Waals surface area contributed by atoms with Gasteiger partial charge in [0.05, 0.1) is 0 Å². The van der Waals surface area contributed by atoms with E-state index in [0.717, 1.165) is 6.04 Å². The summed E-state index contributed by atoms with van der Waals surface area (Å²) in [5.41, 5.74) is 0. The highest BCUT2D eigenvalue weighted by molar-refractivity contribution is 7.79. The van der Waals surface area contributed by atoms with Crippen molar-refractivity contribution in [1.82, 2.24) is 4.90 Å². The molecule has 0 aliphatic heterocycles. The van der Waals surface area contributed by atoms with Crippen molar-refractivity contribution in [2.45, 2.75) is 116 Å². The van der Waals surface area contributed by atoms with Crippen LogP contribution in [0.5, 0.6) is 0 Å². The summed E-state index contributed by atoms with van der Waals surface area (Å²) in [5, 5.41) is 0. The molecule has 0 fully saturated rings. The Morgan fingerprint density at radius 3 is 1.19 bits per heavy atom. The van der Waals surface area contributed by atoms with Gasteiger partial charge in [0.2, 0.25) is 0 Å². The lowest BCUT2D eigenvalue weighted by Gasteiger charge is -2.24. The fraction of sp³-hybridized carbons (Fsp3) is 1.00. The second-order valence-electron chi connectivity index (χ2n) is 7.53. The first-order valence-electron chi connectivity index (χ1n) is 10.6. The van der Waals surface area contributed by atoms with Crippen molar-refractivity contribution >= 4 is 10.4 Å². The van der Waals surface area contributed by atoms with Gasteiger partial charge < -0.3 is 4.90 Å². The summed E-state index contributed by atoms with van der Waals surface area (Å²) in [6.45, 7) is 4.59. The van der Waals surface area contributed by atoms with Gasteiger partial charge in [0.1, 0.15) is 0 Å². The maximum atomic E-state index is 8.74. The van der Waals surface area contributed by atoms with Crippen molar-refractivity contribution in [2.75, 3.05) is 14.1 Å². The van der Waals surface area contributed by atoms with E-state index in [4.69, 9.17) is 17.5 Å². The largest absolute Gasteiger partial charge is 0.394 e. The molecule has 0 bridgehead atoms. The molecule has 6 heteroatoms. The molecule has 0 amide bonds. The molecule has 0 aliphatic rings. The predicted octanol–water partition coefficient (Wildman–Crippen LogP) is 6.16. The number of hydrogen-bond acceptors (Lipinski definition) is 3. The molecule has 0 aromatic carbocycles.